The van der Waals surface area contributed by atoms with Gasteiger partial charge in [0.1, 0.15) is 5.82 Å². The van der Waals surface area contributed by atoms with Crippen molar-refractivity contribution in [3.8, 4) is 0 Å². The third kappa shape index (κ3) is 1.58. The molecule has 2 aliphatic rings. The maximum atomic E-state index is 4.38. The van der Waals surface area contributed by atoms with Crippen molar-refractivity contribution in [2.75, 3.05) is 18.5 Å². The van der Waals surface area contributed by atoms with E-state index in [1.54, 1.807) is 0 Å². The second-order valence-corrected chi connectivity index (χ2v) is 4.72. The zero-order valence-corrected chi connectivity index (χ0v) is 9.59. The van der Waals surface area contributed by atoms with Gasteiger partial charge in [-0.25, -0.2) is 10.4 Å². The van der Waals surface area contributed by atoms with Crippen LogP contribution in [0.5, 0.6) is 0 Å². The lowest BCUT2D eigenvalue weighted by atomic mass is 9.86. The minimum absolute atomic E-state index is 0.436. The normalized spacial score (nSPS) is 25.2. The molecule has 1 fully saturated rings. The molecule has 0 aliphatic carbocycles. The van der Waals surface area contributed by atoms with Crippen molar-refractivity contribution in [1.29, 1.82) is 0 Å². The maximum Gasteiger partial charge on any atom is 0.145 e. The van der Waals surface area contributed by atoms with Crippen molar-refractivity contribution < 1.29 is 0 Å². The van der Waals surface area contributed by atoms with Gasteiger partial charge < -0.3 is 10.7 Å². The molecule has 16 heavy (non-hydrogen) atoms. The van der Waals surface area contributed by atoms with E-state index in [1.807, 2.05) is 6.20 Å². The summed E-state index contributed by atoms with van der Waals surface area (Å²) in [6.07, 6.45) is 4.36. The molecule has 0 amide bonds. The van der Waals surface area contributed by atoms with Gasteiger partial charge in [0.15, 0.2) is 0 Å². The van der Waals surface area contributed by atoms with E-state index in [9.17, 15) is 0 Å². The fraction of sp³-hybridized carbons (Fsp3) is 0.583. The van der Waals surface area contributed by atoms with Crippen LogP contribution < -0.4 is 16.2 Å². The van der Waals surface area contributed by atoms with Crippen LogP contribution >= 0.6 is 0 Å². The number of rotatable bonds is 1. The SMILES string of the molecule is Cc1ccnc2c1C(C1CCNCC1)NN2. The Hall–Kier alpha value is -1.13. The number of hydrogen-bond donors (Lipinski definition) is 3. The number of fused-ring (bicyclic) bond motifs is 1. The Bertz CT molecular complexity index is 385. The van der Waals surface area contributed by atoms with Gasteiger partial charge in [0.2, 0.25) is 0 Å². The van der Waals surface area contributed by atoms with Gasteiger partial charge in [0, 0.05) is 11.8 Å². The average molecular weight is 218 g/mol. The minimum atomic E-state index is 0.436. The summed E-state index contributed by atoms with van der Waals surface area (Å²) in [4.78, 5) is 4.38. The van der Waals surface area contributed by atoms with E-state index in [0.717, 1.165) is 24.8 Å². The Morgan fingerprint density at radius 1 is 1.31 bits per heavy atom. The van der Waals surface area contributed by atoms with Crippen LogP contribution in [0.1, 0.15) is 30.0 Å². The molecule has 1 atom stereocenters. The smallest absolute Gasteiger partial charge is 0.145 e. The molecule has 4 nitrogen and oxygen atoms in total. The van der Waals surface area contributed by atoms with E-state index >= 15 is 0 Å². The van der Waals surface area contributed by atoms with E-state index < -0.39 is 0 Å². The summed E-state index contributed by atoms with van der Waals surface area (Å²) in [6, 6.07) is 2.53. The highest BCUT2D eigenvalue weighted by Gasteiger charge is 2.32. The lowest BCUT2D eigenvalue weighted by Gasteiger charge is -2.28. The van der Waals surface area contributed by atoms with Crippen LogP contribution in [0.15, 0.2) is 12.3 Å². The summed E-state index contributed by atoms with van der Waals surface area (Å²) < 4.78 is 0. The van der Waals surface area contributed by atoms with Gasteiger partial charge in [-0.3, -0.25) is 0 Å². The number of pyridine rings is 1. The first-order valence-corrected chi connectivity index (χ1v) is 6.04. The molecule has 0 saturated carbocycles. The van der Waals surface area contributed by atoms with Crippen molar-refractivity contribution in [2.24, 2.45) is 5.92 Å². The number of hydrazine groups is 1. The summed E-state index contributed by atoms with van der Waals surface area (Å²) in [5.74, 6) is 1.74. The second-order valence-electron chi connectivity index (χ2n) is 4.72. The first-order valence-electron chi connectivity index (χ1n) is 6.04. The van der Waals surface area contributed by atoms with Gasteiger partial charge in [-0.05, 0) is 50.4 Å². The first kappa shape index (κ1) is 10.1. The highest BCUT2D eigenvalue weighted by molar-refractivity contribution is 5.53. The molecule has 2 aliphatic heterocycles. The molecule has 3 heterocycles. The van der Waals surface area contributed by atoms with Crippen LogP contribution in [0.2, 0.25) is 0 Å². The third-order valence-corrected chi connectivity index (χ3v) is 3.72. The van der Waals surface area contributed by atoms with Gasteiger partial charge >= 0.3 is 0 Å². The Labute approximate surface area is 95.8 Å². The molecular formula is C12H18N4. The number of anilines is 1. The molecule has 1 aromatic heterocycles. The van der Waals surface area contributed by atoms with E-state index in [0.29, 0.717) is 6.04 Å². The maximum absolute atomic E-state index is 4.38. The Morgan fingerprint density at radius 2 is 2.12 bits per heavy atom. The lowest BCUT2D eigenvalue weighted by Crippen LogP contribution is -2.35. The molecule has 86 valence electrons. The highest BCUT2D eigenvalue weighted by Crippen LogP contribution is 2.37. The van der Waals surface area contributed by atoms with Gasteiger partial charge in [-0.1, -0.05) is 0 Å². The van der Waals surface area contributed by atoms with Crippen molar-refractivity contribution in [2.45, 2.75) is 25.8 Å². The Kier molecular flexibility index (Phi) is 2.53. The zero-order chi connectivity index (χ0) is 11.0. The number of aromatic nitrogens is 1. The summed E-state index contributed by atoms with van der Waals surface area (Å²) >= 11 is 0. The molecular weight excluding hydrogens is 200 g/mol. The monoisotopic (exact) mass is 218 g/mol. The average Bonchev–Trinajstić information content (AvgIpc) is 2.75. The van der Waals surface area contributed by atoms with E-state index in [-0.39, 0.29) is 0 Å². The molecule has 4 heteroatoms. The topological polar surface area (TPSA) is 49.0 Å². The number of hydrogen-bond acceptors (Lipinski definition) is 4. The Balaban J connectivity index is 1.89. The molecule has 3 N–H and O–H groups in total. The molecule has 0 aromatic carbocycles. The van der Waals surface area contributed by atoms with E-state index in [1.165, 1.54) is 24.0 Å². The quantitative estimate of drug-likeness (QED) is 0.666. The summed E-state index contributed by atoms with van der Waals surface area (Å²) in [5, 5.41) is 3.41. The van der Waals surface area contributed by atoms with Gasteiger partial charge in [0.05, 0.1) is 6.04 Å². The largest absolute Gasteiger partial charge is 0.317 e. The minimum Gasteiger partial charge on any atom is -0.317 e. The molecule has 0 radical (unpaired) electrons. The van der Waals surface area contributed by atoms with Crippen molar-refractivity contribution in [3.63, 3.8) is 0 Å². The molecule has 1 unspecified atom stereocenters. The molecule has 1 aromatic rings. The van der Waals surface area contributed by atoms with Crippen LogP contribution in [0.3, 0.4) is 0 Å². The van der Waals surface area contributed by atoms with Crippen LogP contribution in [-0.2, 0) is 0 Å². The molecule has 0 bridgehead atoms. The predicted octanol–water partition coefficient (Wildman–Crippen LogP) is 1.36. The molecule has 1 saturated heterocycles. The number of nitrogens with zero attached hydrogens (tertiary/aromatic N) is 1. The van der Waals surface area contributed by atoms with Gasteiger partial charge in [-0.15, -0.1) is 0 Å². The third-order valence-electron chi connectivity index (χ3n) is 3.72. The van der Waals surface area contributed by atoms with E-state index in [2.05, 4.69) is 34.1 Å². The number of nitrogens with one attached hydrogen (secondary N) is 3. The lowest BCUT2D eigenvalue weighted by molar-refractivity contribution is 0.301. The van der Waals surface area contributed by atoms with Crippen molar-refractivity contribution >= 4 is 5.82 Å². The van der Waals surface area contributed by atoms with Crippen LogP contribution in [0, 0.1) is 12.8 Å². The van der Waals surface area contributed by atoms with Crippen molar-refractivity contribution in [3.05, 3.63) is 23.4 Å². The van der Waals surface area contributed by atoms with Crippen LogP contribution in [0.25, 0.3) is 0 Å². The standard InChI is InChI=1S/C12H18N4/c1-8-2-7-14-12-10(8)11(15-16-12)9-3-5-13-6-4-9/h2,7,9,11,13,15H,3-6H2,1H3,(H,14,16). The fourth-order valence-corrected chi connectivity index (χ4v) is 2.81. The fourth-order valence-electron chi connectivity index (χ4n) is 2.81. The summed E-state index contributed by atoms with van der Waals surface area (Å²) in [7, 11) is 0. The summed E-state index contributed by atoms with van der Waals surface area (Å²) in [6.45, 7) is 4.44. The predicted molar refractivity (Wildman–Crippen MR) is 64.1 cm³/mol. The number of piperidine rings is 1. The molecule has 3 rings (SSSR count). The van der Waals surface area contributed by atoms with E-state index in [4.69, 9.17) is 0 Å². The summed E-state index contributed by atoms with van der Waals surface area (Å²) in [5.41, 5.74) is 9.31. The van der Waals surface area contributed by atoms with Crippen LogP contribution in [0.4, 0.5) is 5.82 Å². The van der Waals surface area contributed by atoms with Crippen molar-refractivity contribution in [1.82, 2.24) is 15.7 Å². The molecule has 0 spiro atoms. The van der Waals surface area contributed by atoms with Crippen LogP contribution in [-0.4, -0.2) is 18.1 Å². The second kappa shape index (κ2) is 4.03. The van der Waals surface area contributed by atoms with Gasteiger partial charge in [0.25, 0.3) is 0 Å². The number of aryl methyl sites for hydroxylation is 1. The van der Waals surface area contributed by atoms with Gasteiger partial charge in [-0.2, -0.15) is 0 Å². The zero-order valence-electron chi connectivity index (χ0n) is 9.59. The highest BCUT2D eigenvalue weighted by atomic mass is 15.4. The Morgan fingerprint density at radius 3 is 2.94 bits per heavy atom. The first-order chi connectivity index (χ1) is 7.86.